The Kier molecular flexibility index (Phi) is 9.78. The second-order valence-corrected chi connectivity index (χ2v) is 10.2. The molecule has 0 aliphatic carbocycles. The lowest BCUT2D eigenvalue weighted by Crippen LogP contribution is -2.15. The number of carbonyl (C=O) groups is 1. The third-order valence-corrected chi connectivity index (χ3v) is 7.28. The van der Waals surface area contributed by atoms with E-state index in [1.54, 1.807) is 13.0 Å². The van der Waals surface area contributed by atoms with E-state index in [0.717, 1.165) is 39.4 Å². The van der Waals surface area contributed by atoms with Crippen LogP contribution in [0.4, 0.5) is 13.2 Å². The average molecular weight is 583 g/mol. The van der Waals surface area contributed by atoms with Crippen molar-refractivity contribution in [3.8, 4) is 16.3 Å². The first-order chi connectivity index (χ1) is 19.6. The quantitative estimate of drug-likeness (QED) is 0.104. The molecule has 6 nitrogen and oxygen atoms in total. The van der Waals surface area contributed by atoms with E-state index in [2.05, 4.69) is 10.1 Å². The number of halogens is 3. The monoisotopic (exact) mass is 582 g/mol. The molecule has 214 valence electrons. The molecule has 0 unspecified atom stereocenters. The number of aryl methyl sites for hydroxylation is 2. The van der Waals surface area contributed by atoms with E-state index in [0.29, 0.717) is 28.5 Å². The number of hydrogen-bond acceptors (Lipinski definition) is 7. The normalized spacial score (nSPS) is 11.8. The van der Waals surface area contributed by atoms with E-state index in [-0.39, 0.29) is 19.8 Å². The van der Waals surface area contributed by atoms with Crippen LogP contribution in [0.1, 0.15) is 39.7 Å². The lowest BCUT2D eigenvalue weighted by Gasteiger charge is -2.12. The first kappa shape index (κ1) is 29.8. The topological polar surface area (TPSA) is 70.0 Å². The van der Waals surface area contributed by atoms with Crippen molar-refractivity contribution in [1.82, 2.24) is 4.98 Å². The van der Waals surface area contributed by atoms with Crippen LogP contribution in [0, 0.1) is 13.8 Å². The maximum Gasteiger partial charge on any atom is 0.416 e. The summed E-state index contributed by atoms with van der Waals surface area (Å²) >= 11 is 1.35. The maximum atomic E-state index is 12.9. The van der Waals surface area contributed by atoms with Gasteiger partial charge in [-0.3, -0.25) is 0 Å². The summed E-state index contributed by atoms with van der Waals surface area (Å²) in [6, 6.07) is 20.4. The highest BCUT2D eigenvalue weighted by atomic mass is 32.1. The Balaban J connectivity index is 1.51. The zero-order valence-corrected chi connectivity index (χ0v) is 23.6. The van der Waals surface area contributed by atoms with Crippen LogP contribution < -0.4 is 4.74 Å². The van der Waals surface area contributed by atoms with E-state index >= 15 is 0 Å². The molecule has 3 aromatic carbocycles. The summed E-state index contributed by atoms with van der Waals surface area (Å²) in [5.74, 6) is 0.133. The third kappa shape index (κ3) is 8.17. The Morgan fingerprint density at radius 3 is 2.39 bits per heavy atom. The van der Waals surface area contributed by atoms with Gasteiger partial charge in [0.25, 0.3) is 0 Å². The Labute approximate surface area is 240 Å². The summed E-state index contributed by atoms with van der Waals surface area (Å²) in [5.41, 5.74) is 4.03. The Hall–Kier alpha value is -4.18. The second kappa shape index (κ2) is 13.5. The molecule has 10 heteroatoms. The van der Waals surface area contributed by atoms with Gasteiger partial charge in [-0.1, -0.05) is 47.6 Å². The number of aromatic nitrogens is 1. The van der Waals surface area contributed by atoms with Gasteiger partial charge in [0.1, 0.15) is 10.8 Å². The minimum absolute atomic E-state index is 0.155. The van der Waals surface area contributed by atoms with Crippen LogP contribution in [0.2, 0.25) is 0 Å². The van der Waals surface area contributed by atoms with E-state index in [1.165, 1.54) is 23.5 Å². The largest absolute Gasteiger partial charge is 0.482 e. The number of hydrogen-bond donors (Lipinski definition) is 0. The molecule has 0 aliphatic heterocycles. The smallest absolute Gasteiger partial charge is 0.416 e. The predicted octanol–water partition coefficient (Wildman–Crippen LogP) is 7.55. The lowest BCUT2D eigenvalue weighted by atomic mass is 10.0. The number of oxime groups is 1. The number of nitrogens with zero attached hydrogens (tertiary/aromatic N) is 2. The molecule has 1 heterocycles. The zero-order valence-electron chi connectivity index (χ0n) is 22.8. The maximum absolute atomic E-state index is 12.9. The fraction of sp³-hybridized carbons (Fsp3) is 0.258. The number of benzene rings is 3. The van der Waals surface area contributed by atoms with Crippen molar-refractivity contribution in [2.75, 3.05) is 13.2 Å². The van der Waals surface area contributed by atoms with E-state index in [9.17, 15) is 18.0 Å². The number of esters is 1. The van der Waals surface area contributed by atoms with Crippen LogP contribution in [-0.4, -0.2) is 29.9 Å². The number of carbonyl (C=O) groups excluding carboxylic acids is 1. The molecular formula is C31H29F3N2O4S. The van der Waals surface area contributed by atoms with Crippen molar-refractivity contribution in [3.63, 3.8) is 0 Å². The van der Waals surface area contributed by atoms with Crippen LogP contribution in [0.25, 0.3) is 10.6 Å². The van der Waals surface area contributed by atoms with Gasteiger partial charge in [0.15, 0.2) is 13.2 Å². The Bertz CT molecular complexity index is 1500. The van der Waals surface area contributed by atoms with Crippen LogP contribution in [-0.2, 0) is 33.6 Å². The number of ether oxygens (including phenoxy) is 2. The number of thiazole rings is 1. The zero-order chi connectivity index (χ0) is 29.4. The summed E-state index contributed by atoms with van der Waals surface area (Å²) in [6.45, 7) is 5.72. The molecule has 0 saturated carbocycles. The summed E-state index contributed by atoms with van der Waals surface area (Å²) in [7, 11) is 0. The first-order valence-electron chi connectivity index (χ1n) is 12.9. The predicted molar refractivity (Wildman–Crippen MR) is 152 cm³/mol. The van der Waals surface area contributed by atoms with Crippen LogP contribution >= 0.6 is 11.3 Å². The highest BCUT2D eigenvalue weighted by molar-refractivity contribution is 7.15. The molecule has 0 atom stereocenters. The molecule has 0 saturated heterocycles. The highest BCUT2D eigenvalue weighted by Gasteiger charge is 2.30. The minimum atomic E-state index is -4.39. The van der Waals surface area contributed by atoms with E-state index < -0.39 is 17.7 Å². The first-order valence-corrected chi connectivity index (χ1v) is 13.7. The fourth-order valence-corrected chi connectivity index (χ4v) is 4.94. The number of alkyl halides is 3. The molecule has 0 radical (unpaired) electrons. The molecule has 0 fully saturated rings. The van der Waals surface area contributed by atoms with Crippen molar-refractivity contribution in [1.29, 1.82) is 0 Å². The molecule has 41 heavy (non-hydrogen) atoms. The van der Waals surface area contributed by atoms with Crippen LogP contribution in [0.15, 0.2) is 78.0 Å². The molecule has 0 spiro atoms. The van der Waals surface area contributed by atoms with Crippen molar-refractivity contribution < 1.29 is 32.3 Å². The Morgan fingerprint density at radius 2 is 1.73 bits per heavy atom. The summed E-state index contributed by atoms with van der Waals surface area (Å²) in [4.78, 5) is 22.8. The SMILES string of the molecule is CCOC(=O)COc1ccc(/C(Cc2ccccc2)=N/OCc2sc(-c3ccc(C(F)(F)F)cc3)nc2C)cc1C. The second-order valence-electron chi connectivity index (χ2n) is 9.15. The van der Waals surface area contributed by atoms with E-state index in [4.69, 9.17) is 14.3 Å². The molecule has 4 rings (SSSR count). The van der Waals surface area contributed by atoms with Gasteiger partial charge < -0.3 is 14.3 Å². The van der Waals surface area contributed by atoms with Gasteiger partial charge in [-0.25, -0.2) is 9.78 Å². The molecule has 4 aromatic rings. The van der Waals surface area contributed by atoms with Gasteiger partial charge in [0.2, 0.25) is 0 Å². The lowest BCUT2D eigenvalue weighted by molar-refractivity contribution is -0.145. The molecule has 0 bridgehead atoms. The molecule has 0 N–H and O–H groups in total. The minimum Gasteiger partial charge on any atom is -0.482 e. The van der Waals surface area contributed by atoms with E-state index in [1.807, 2.05) is 56.3 Å². The van der Waals surface area contributed by atoms with Crippen LogP contribution in [0.3, 0.4) is 0 Å². The molecule has 0 amide bonds. The van der Waals surface area contributed by atoms with Gasteiger partial charge in [-0.2, -0.15) is 13.2 Å². The van der Waals surface area contributed by atoms with Crippen LogP contribution in [0.5, 0.6) is 5.75 Å². The highest BCUT2D eigenvalue weighted by Crippen LogP contribution is 2.33. The summed E-state index contributed by atoms with van der Waals surface area (Å²) in [6.07, 6.45) is -3.87. The fourth-order valence-electron chi connectivity index (χ4n) is 3.96. The summed E-state index contributed by atoms with van der Waals surface area (Å²) < 4.78 is 49.3. The van der Waals surface area contributed by atoms with Gasteiger partial charge in [-0.15, -0.1) is 11.3 Å². The average Bonchev–Trinajstić information content (AvgIpc) is 3.32. The summed E-state index contributed by atoms with van der Waals surface area (Å²) in [5, 5.41) is 5.08. The van der Waals surface area contributed by atoms with Gasteiger partial charge >= 0.3 is 12.1 Å². The molecule has 0 aliphatic rings. The van der Waals surface area contributed by atoms with Gasteiger partial charge in [0, 0.05) is 17.5 Å². The molecular weight excluding hydrogens is 553 g/mol. The van der Waals surface area contributed by atoms with Crippen molar-refractivity contribution in [2.24, 2.45) is 5.16 Å². The molecule has 1 aromatic heterocycles. The van der Waals surface area contributed by atoms with Gasteiger partial charge in [0.05, 0.1) is 28.5 Å². The van der Waals surface area contributed by atoms with Crippen molar-refractivity contribution in [2.45, 2.75) is 40.0 Å². The van der Waals surface area contributed by atoms with Gasteiger partial charge in [-0.05, 0) is 62.2 Å². The standard InChI is InChI=1S/C31H29F3N2O4S/c1-4-38-29(37)19-39-27-15-12-24(16-20(27)2)26(17-22-8-6-5-7-9-22)36-40-18-28-21(3)35-30(41-28)23-10-13-25(14-11-23)31(32,33)34/h5-16H,4,17-19H2,1-3H3/b36-26+. The number of rotatable bonds is 11. The Morgan fingerprint density at radius 1 is 1.00 bits per heavy atom. The van der Waals surface area contributed by atoms with Crippen molar-refractivity contribution >= 4 is 23.0 Å². The third-order valence-electron chi connectivity index (χ3n) is 6.10. The van der Waals surface area contributed by atoms with Crippen molar-refractivity contribution in [3.05, 3.63) is 106 Å².